The molecule has 15 heavy (non-hydrogen) atoms. The summed E-state index contributed by atoms with van der Waals surface area (Å²) in [6, 6.07) is 0.572. The van der Waals surface area contributed by atoms with Crippen molar-refractivity contribution >= 4 is 16.8 Å². The minimum absolute atomic E-state index is 0.461. The topological polar surface area (TPSA) is 67.8 Å². The van der Waals surface area contributed by atoms with Gasteiger partial charge in [0.15, 0.2) is 0 Å². The van der Waals surface area contributed by atoms with Crippen molar-refractivity contribution in [3.8, 4) is 0 Å². The standard InChI is InChI=1S/C8H19O5PSi/c1-5-11-15(7-3,12-6-2)13-8(4)14(9)10/h8H,5-7H2,1-4H3. The monoisotopic (exact) mass is 254 g/mol. The fraction of sp³-hybridized carbons (Fsp3) is 1.00. The minimum atomic E-state index is -2.78. The van der Waals surface area contributed by atoms with E-state index in [9.17, 15) is 9.46 Å². The molecule has 0 aliphatic rings. The van der Waals surface area contributed by atoms with Crippen LogP contribution in [0.5, 0.6) is 0 Å². The molecule has 0 aliphatic heterocycles. The second-order valence-corrected chi connectivity index (χ2v) is 7.09. The largest absolute Gasteiger partial charge is 0.593 e. The highest BCUT2D eigenvalue weighted by atomic mass is 31.1. The van der Waals surface area contributed by atoms with Crippen LogP contribution in [-0.2, 0) is 17.8 Å². The summed E-state index contributed by atoms with van der Waals surface area (Å²) in [6.45, 7) is 7.96. The third-order valence-corrected chi connectivity index (χ3v) is 5.74. The average molecular weight is 254 g/mol. The highest BCUT2D eigenvalue weighted by Gasteiger charge is 2.43. The van der Waals surface area contributed by atoms with Gasteiger partial charge in [0.2, 0.25) is 5.85 Å². The summed E-state index contributed by atoms with van der Waals surface area (Å²) in [4.78, 5) is 10.7. The fourth-order valence-electron chi connectivity index (χ4n) is 1.14. The smallest absolute Gasteiger partial charge is 0.503 e. The van der Waals surface area contributed by atoms with E-state index in [4.69, 9.17) is 13.3 Å². The molecule has 0 aliphatic carbocycles. The molecule has 0 aromatic carbocycles. The summed E-state index contributed by atoms with van der Waals surface area (Å²) in [5.41, 5.74) is 0. The maximum atomic E-state index is 10.7. The Kier molecular flexibility index (Phi) is 7.51. The Balaban J connectivity index is 4.51. The molecule has 0 saturated heterocycles. The fourth-order valence-corrected chi connectivity index (χ4v) is 4.16. The zero-order valence-corrected chi connectivity index (χ0v) is 11.6. The molecule has 90 valence electrons. The van der Waals surface area contributed by atoms with E-state index in [0.29, 0.717) is 19.3 Å². The van der Waals surface area contributed by atoms with Crippen LogP contribution >= 0.6 is 8.03 Å². The van der Waals surface area contributed by atoms with E-state index >= 15 is 0 Å². The van der Waals surface area contributed by atoms with Crippen LogP contribution in [0.4, 0.5) is 0 Å². The van der Waals surface area contributed by atoms with Crippen molar-refractivity contribution in [2.75, 3.05) is 13.2 Å². The van der Waals surface area contributed by atoms with Crippen molar-refractivity contribution in [2.45, 2.75) is 39.6 Å². The molecule has 0 radical (unpaired) electrons. The Labute approximate surface area is 93.0 Å². The molecule has 0 aromatic heterocycles. The zero-order chi connectivity index (χ0) is 11.9. The van der Waals surface area contributed by atoms with Gasteiger partial charge in [-0.1, -0.05) is 11.5 Å². The highest BCUT2D eigenvalue weighted by Crippen LogP contribution is 2.26. The Hall–Kier alpha value is 0.157. The van der Waals surface area contributed by atoms with Crippen LogP contribution in [0.2, 0.25) is 6.04 Å². The van der Waals surface area contributed by atoms with Crippen molar-refractivity contribution in [3.63, 3.8) is 0 Å². The first kappa shape index (κ1) is 15.2. The van der Waals surface area contributed by atoms with Gasteiger partial charge >= 0.3 is 16.8 Å². The van der Waals surface area contributed by atoms with E-state index in [0.717, 1.165) is 0 Å². The van der Waals surface area contributed by atoms with Crippen molar-refractivity contribution in [1.82, 2.24) is 0 Å². The lowest BCUT2D eigenvalue weighted by Gasteiger charge is -2.28. The molecule has 0 rings (SSSR count). The lowest BCUT2D eigenvalue weighted by Crippen LogP contribution is -2.47. The van der Waals surface area contributed by atoms with Gasteiger partial charge in [0.25, 0.3) is 0 Å². The molecule has 0 bridgehead atoms. The third-order valence-electron chi connectivity index (χ3n) is 1.81. The van der Waals surface area contributed by atoms with Crippen LogP contribution in [0.25, 0.3) is 0 Å². The van der Waals surface area contributed by atoms with Gasteiger partial charge in [-0.15, -0.1) is 0 Å². The summed E-state index contributed by atoms with van der Waals surface area (Å²) in [5, 5.41) is 0. The molecule has 7 heteroatoms. The van der Waals surface area contributed by atoms with Crippen LogP contribution in [0.15, 0.2) is 0 Å². The second-order valence-electron chi connectivity index (χ2n) is 2.91. The Morgan fingerprint density at radius 2 is 1.73 bits per heavy atom. The predicted molar refractivity (Wildman–Crippen MR) is 57.6 cm³/mol. The molecule has 5 nitrogen and oxygen atoms in total. The average Bonchev–Trinajstić information content (AvgIpc) is 2.18. The Bertz CT molecular complexity index is 195. The maximum absolute atomic E-state index is 10.7. The molecule has 0 spiro atoms. The summed E-state index contributed by atoms with van der Waals surface area (Å²) >= 11 is 0. The lowest BCUT2D eigenvalue weighted by molar-refractivity contribution is -0.171. The molecule has 0 N–H and O–H groups in total. The number of rotatable bonds is 8. The van der Waals surface area contributed by atoms with Crippen molar-refractivity contribution < 1.29 is 22.7 Å². The minimum Gasteiger partial charge on any atom is -0.593 e. The molecule has 2 unspecified atom stereocenters. The summed E-state index contributed by atoms with van der Waals surface area (Å²) in [5.74, 6) is -0.857. The van der Waals surface area contributed by atoms with E-state index in [-0.39, 0.29) is 0 Å². The zero-order valence-electron chi connectivity index (χ0n) is 9.69. The van der Waals surface area contributed by atoms with Gasteiger partial charge in [-0.05, 0) is 13.8 Å². The number of hydrogen-bond acceptors (Lipinski definition) is 5. The first-order valence-electron chi connectivity index (χ1n) is 5.10. The van der Waals surface area contributed by atoms with Crippen LogP contribution in [0.1, 0.15) is 27.7 Å². The lowest BCUT2D eigenvalue weighted by atomic mass is 10.9. The Morgan fingerprint density at radius 1 is 1.27 bits per heavy atom. The van der Waals surface area contributed by atoms with Crippen molar-refractivity contribution in [1.29, 1.82) is 0 Å². The van der Waals surface area contributed by atoms with Crippen molar-refractivity contribution in [2.24, 2.45) is 0 Å². The van der Waals surface area contributed by atoms with Crippen LogP contribution < -0.4 is 4.89 Å². The van der Waals surface area contributed by atoms with E-state index in [2.05, 4.69) is 0 Å². The molecule has 0 amide bonds. The summed E-state index contributed by atoms with van der Waals surface area (Å²) < 4.78 is 27.1. The first-order chi connectivity index (χ1) is 7.01. The normalized spacial score (nSPS) is 15.1. The van der Waals surface area contributed by atoms with Gasteiger partial charge in [0.05, 0.1) is 0 Å². The predicted octanol–water partition coefficient (Wildman–Crippen LogP) is 1.48. The highest BCUT2D eigenvalue weighted by molar-refractivity contribution is 7.37. The van der Waals surface area contributed by atoms with E-state index < -0.39 is 22.7 Å². The molecule has 2 atom stereocenters. The third kappa shape index (κ3) is 5.15. The van der Waals surface area contributed by atoms with Crippen LogP contribution in [0, 0.1) is 0 Å². The second kappa shape index (κ2) is 7.43. The molecule has 0 heterocycles. The Morgan fingerprint density at radius 3 is 2.00 bits per heavy atom. The molecule has 0 fully saturated rings. The van der Waals surface area contributed by atoms with E-state index in [1.807, 2.05) is 20.8 Å². The van der Waals surface area contributed by atoms with Gasteiger partial charge in [0.1, 0.15) is 0 Å². The van der Waals surface area contributed by atoms with Gasteiger partial charge in [-0.25, -0.2) is 0 Å². The molecular weight excluding hydrogens is 235 g/mol. The van der Waals surface area contributed by atoms with Gasteiger partial charge in [0, 0.05) is 26.2 Å². The van der Waals surface area contributed by atoms with Gasteiger partial charge in [-0.2, -0.15) is 0 Å². The summed E-state index contributed by atoms with van der Waals surface area (Å²) in [6.07, 6.45) is 0. The van der Waals surface area contributed by atoms with Crippen molar-refractivity contribution in [3.05, 3.63) is 0 Å². The SMILES string of the molecule is CCO[Si](CC)(OCC)OC(C)[P+](=O)[O-]. The molecular formula is C8H19O5PSi. The van der Waals surface area contributed by atoms with Crippen LogP contribution in [-0.4, -0.2) is 27.9 Å². The molecule has 0 saturated carbocycles. The van der Waals surface area contributed by atoms with Crippen LogP contribution in [0.3, 0.4) is 0 Å². The first-order valence-corrected chi connectivity index (χ1v) is 8.28. The van der Waals surface area contributed by atoms with Gasteiger partial charge in [-0.3, -0.25) is 0 Å². The molecule has 0 aromatic rings. The summed E-state index contributed by atoms with van der Waals surface area (Å²) in [7, 11) is -5.38. The van der Waals surface area contributed by atoms with E-state index in [1.54, 1.807) is 0 Å². The maximum Gasteiger partial charge on any atom is 0.503 e. The number of hydrogen-bond donors (Lipinski definition) is 0. The van der Waals surface area contributed by atoms with E-state index in [1.165, 1.54) is 6.92 Å². The quantitative estimate of drug-likeness (QED) is 0.485. The van der Waals surface area contributed by atoms with Gasteiger partial charge < -0.3 is 18.2 Å².